The number of hydrogen-bond acceptors (Lipinski definition) is 5. The summed E-state index contributed by atoms with van der Waals surface area (Å²) in [5.74, 6) is 1.02. The minimum absolute atomic E-state index is 0.159. The molecular weight excluding hydrogens is 442 g/mol. The highest BCUT2D eigenvalue weighted by atomic mass is 16.3. The predicted octanol–water partition coefficient (Wildman–Crippen LogP) is 4.43. The maximum absolute atomic E-state index is 13.1. The van der Waals surface area contributed by atoms with Crippen LogP contribution in [0.2, 0.25) is 0 Å². The zero-order valence-electron chi connectivity index (χ0n) is 19.0. The first-order chi connectivity index (χ1) is 17.2. The monoisotopic (exact) mass is 465 g/mol. The van der Waals surface area contributed by atoms with E-state index in [1.54, 1.807) is 24.5 Å². The molecule has 0 bridgehead atoms. The molecule has 2 aromatic carbocycles. The van der Waals surface area contributed by atoms with Crippen LogP contribution in [0.1, 0.15) is 29.7 Å². The van der Waals surface area contributed by atoms with Crippen LogP contribution in [0.4, 0.5) is 5.82 Å². The number of nitrogens with one attached hydrogen (secondary N) is 2. The van der Waals surface area contributed by atoms with E-state index in [1.807, 2.05) is 42.5 Å². The smallest absolute Gasteiger partial charge is 0.255 e. The number of fused-ring (bicyclic) bond motifs is 2. The molecule has 0 saturated carbocycles. The summed E-state index contributed by atoms with van der Waals surface area (Å²) in [4.78, 5) is 33.4. The van der Waals surface area contributed by atoms with Crippen molar-refractivity contribution in [2.45, 2.75) is 32.1 Å². The van der Waals surface area contributed by atoms with E-state index >= 15 is 0 Å². The molecule has 3 heterocycles. The number of aromatic amines is 1. The molecule has 35 heavy (non-hydrogen) atoms. The number of nitrogens with zero attached hydrogens (tertiary/aromatic N) is 3. The number of amides is 1. The molecule has 6 rings (SSSR count). The maximum atomic E-state index is 13.1. The van der Waals surface area contributed by atoms with Crippen molar-refractivity contribution in [3.05, 3.63) is 94.1 Å². The number of hydrogen-bond donors (Lipinski definition) is 2. The molecule has 1 amide bonds. The van der Waals surface area contributed by atoms with Gasteiger partial charge in [-0.1, -0.05) is 42.5 Å². The van der Waals surface area contributed by atoms with E-state index in [0.29, 0.717) is 17.3 Å². The molecule has 1 aliphatic rings. The van der Waals surface area contributed by atoms with Gasteiger partial charge in [0, 0.05) is 11.6 Å². The summed E-state index contributed by atoms with van der Waals surface area (Å²) in [6.07, 6.45) is 5.21. The van der Waals surface area contributed by atoms with Crippen LogP contribution in [0, 0.1) is 0 Å². The van der Waals surface area contributed by atoms with Gasteiger partial charge >= 0.3 is 0 Å². The van der Waals surface area contributed by atoms with Crippen LogP contribution in [0.5, 0.6) is 0 Å². The number of rotatable bonds is 5. The van der Waals surface area contributed by atoms with Gasteiger partial charge in [0.15, 0.2) is 5.76 Å². The van der Waals surface area contributed by atoms with Gasteiger partial charge in [-0.05, 0) is 54.2 Å². The van der Waals surface area contributed by atoms with Gasteiger partial charge < -0.3 is 9.73 Å². The van der Waals surface area contributed by atoms with Crippen LogP contribution >= 0.6 is 0 Å². The van der Waals surface area contributed by atoms with Gasteiger partial charge in [0.25, 0.3) is 5.56 Å². The third-order valence-electron chi connectivity index (χ3n) is 6.36. The van der Waals surface area contributed by atoms with E-state index in [9.17, 15) is 9.59 Å². The van der Waals surface area contributed by atoms with Crippen LogP contribution in [-0.4, -0.2) is 25.7 Å². The Bertz CT molecular complexity index is 1590. The Labute approximate surface area is 200 Å². The number of carbonyl (C=O) groups excluding carboxylic acids is 1. The third kappa shape index (κ3) is 4.03. The van der Waals surface area contributed by atoms with E-state index in [0.717, 1.165) is 53.3 Å². The van der Waals surface area contributed by atoms with Gasteiger partial charge in [-0.2, -0.15) is 9.78 Å². The Hall–Kier alpha value is -4.46. The van der Waals surface area contributed by atoms with Crippen LogP contribution in [-0.2, 0) is 24.1 Å². The summed E-state index contributed by atoms with van der Waals surface area (Å²) in [5.41, 5.74) is 2.82. The average Bonchev–Trinajstić information content (AvgIpc) is 3.55. The largest absolute Gasteiger partial charge is 0.463 e. The fourth-order valence-corrected chi connectivity index (χ4v) is 4.67. The molecule has 5 aromatic rings. The molecule has 0 unspecified atom stereocenters. The number of carbonyl (C=O) groups is 1. The topological polar surface area (TPSA) is 106 Å². The van der Waals surface area contributed by atoms with Crippen LogP contribution in [0.15, 0.2) is 76.1 Å². The van der Waals surface area contributed by atoms with Gasteiger partial charge in [-0.3, -0.25) is 14.6 Å². The fraction of sp³-hybridized carbons (Fsp3) is 0.185. The van der Waals surface area contributed by atoms with Crippen molar-refractivity contribution in [1.29, 1.82) is 0 Å². The van der Waals surface area contributed by atoms with Gasteiger partial charge in [-0.15, -0.1) is 0 Å². The summed E-state index contributed by atoms with van der Waals surface area (Å²) in [6.45, 7) is 0. The first kappa shape index (κ1) is 21.1. The minimum Gasteiger partial charge on any atom is -0.463 e. The van der Waals surface area contributed by atoms with Crippen LogP contribution in [0.3, 0.4) is 0 Å². The summed E-state index contributed by atoms with van der Waals surface area (Å²) in [6, 6.07) is 19.2. The highest BCUT2D eigenvalue weighted by Gasteiger charge is 2.21. The van der Waals surface area contributed by atoms with Crippen LogP contribution < -0.4 is 10.9 Å². The zero-order chi connectivity index (χ0) is 23.8. The molecule has 0 radical (unpaired) electrons. The second-order valence-electron chi connectivity index (χ2n) is 8.69. The highest BCUT2D eigenvalue weighted by molar-refractivity contribution is 5.96. The molecule has 0 spiro atoms. The second-order valence-corrected chi connectivity index (χ2v) is 8.69. The summed E-state index contributed by atoms with van der Waals surface area (Å²) in [5, 5.41) is 9.68. The lowest BCUT2D eigenvalue weighted by atomic mass is 9.97. The molecular formula is C27H23N5O3. The lowest BCUT2D eigenvalue weighted by Gasteiger charge is -2.15. The van der Waals surface area contributed by atoms with Gasteiger partial charge in [0.2, 0.25) is 11.9 Å². The Morgan fingerprint density at radius 2 is 1.91 bits per heavy atom. The fourth-order valence-electron chi connectivity index (χ4n) is 4.67. The number of benzene rings is 2. The van der Waals surface area contributed by atoms with Crippen molar-refractivity contribution in [2.75, 3.05) is 5.32 Å². The summed E-state index contributed by atoms with van der Waals surface area (Å²) in [7, 11) is 0. The van der Waals surface area contributed by atoms with Crippen molar-refractivity contribution in [3.63, 3.8) is 0 Å². The van der Waals surface area contributed by atoms with E-state index < -0.39 is 0 Å². The normalized spacial score (nSPS) is 13.0. The number of H-pyrrole nitrogens is 1. The SMILES string of the molecule is O=C(Cc1cccc2ccccc12)Nc1cc(-c2ccco2)nn1-c1nc2c(c(=O)[nH]1)CCCC2. The molecule has 1 aliphatic carbocycles. The van der Waals surface area contributed by atoms with Crippen molar-refractivity contribution < 1.29 is 9.21 Å². The van der Waals surface area contributed by atoms with E-state index in [-0.39, 0.29) is 23.8 Å². The standard InChI is InChI=1S/C27H23N5O3/c33-25(15-18-9-5-8-17-7-1-2-10-19(17)18)29-24-16-22(23-13-6-14-35-23)31-32(24)27-28-21-12-4-3-11-20(21)26(34)30-27/h1-2,5-10,13-14,16H,3-4,11-12,15H2,(H,29,33)(H,28,30,34). The highest BCUT2D eigenvalue weighted by Crippen LogP contribution is 2.26. The minimum atomic E-state index is -0.200. The predicted molar refractivity (Wildman–Crippen MR) is 133 cm³/mol. The lowest BCUT2D eigenvalue weighted by Crippen LogP contribution is -2.25. The van der Waals surface area contributed by atoms with E-state index in [1.165, 1.54) is 4.68 Å². The molecule has 2 N–H and O–H groups in total. The Kier molecular flexibility index (Phi) is 5.25. The molecule has 0 saturated heterocycles. The van der Waals surface area contributed by atoms with Crippen molar-refractivity contribution >= 4 is 22.5 Å². The van der Waals surface area contributed by atoms with Gasteiger partial charge in [-0.25, -0.2) is 4.98 Å². The number of aromatic nitrogens is 4. The third-order valence-corrected chi connectivity index (χ3v) is 6.36. The molecule has 8 heteroatoms. The molecule has 0 atom stereocenters. The number of anilines is 1. The van der Waals surface area contributed by atoms with E-state index in [4.69, 9.17) is 9.40 Å². The number of aryl methyl sites for hydroxylation is 1. The van der Waals surface area contributed by atoms with Crippen LogP contribution in [0.25, 0.3) is 28.2 Å². The van der Waals surface area contributed by atoms with Crippen molar-refractivity contribution in [3.8, 4) is 17.4 Å². The average molecular weight is 466 g/mol. The van der Waals surface area contributed by atoms with Gasteiger partial charge in [0.05, 0.1) is 18.4 Å². The quantitative estimate of drug-likeness (QED) is 0.399. The maximum Gasteiger partial charge on any atom is 0.255 e. The lowest BCUT2D eigenvalue weighted by molar-refractivity contribution is -0.115. The molecule has 174 valence electrons. The van der Waals surface area contributed by atoms with Gasteiger partial charge in [0.1, 0.15) is 11.5 Å². The Morgan fingerprint density at radius 3 is 2.80 bits per heavy atom. The van der Waals surface area contributed by atoms with Crippen molar-refractivity contribution in [1.82, 2.24) is 19.7 Å². The van der Waals surface area contributed by atoms with Crippen molar-refractivity contribution in [2.24, 2.45) is 0 Å². The molecule has 3 aromatic heterocycles. The van der Waals surface area contributed by atoms with E-state index in [2.05, 4.69) is 15.4 Å². The number of furan rings is 1. The molecule has 0 fully saturated rings. The molecule has 0 aliphatic heterocycles. The summed E-state index contributed by atoms with van der Waals surface area (Å²) < 4.78 is 6.97. The first-order valence-corrected chi connectivity index (χ1v) is 11.7. The first-order valence-electron chi connectivity index (χ1n) is 11.7. The second kappa shape index (κ2) is 8.72. The zero-order valence-corrected chi connectivity index (χ0v) is 19.0. The Balaban J connectivity index is 1.37. The summed E-state index contributed by atoms with van der Waals surface area (Å²) >= 11 is 0. The molecule has 8 nitrogen and oxygen atoms in total. The Morgan fingerprint density at radius 1 is 1.06 bits per heavy atom.